The highest BCUT2D eigenvalue weighted by molar-refractivity contribution is 6.31. The van der Waals surface area contributed by atoms with Gasteiger partial charge in [-0.05, 0) is 37.0 Å². The molecule has 0 spiro atoms. The average Bonchev–Trinajstić information content (AvgIpc) is 3.04. The number of aliphatic hydroxyl groups is 1. The molecule has 0 aliphatic heterocycles. The zero-order valence-corrected chi connectivity index (χ0v) is 13.0. The van der Waals surface area contributed by atoms with Crippen molar-refractivity contribution in [3.05, 3.63) is 34.0 Å². The zero-order chi connectivity index (χ0) is 15.1. The van der Waals surface area contributed by atoms with Crippen LogP contribution in [0.25, 0.3) is 5.57 Å². The largest absolute Gasteiger partial charge is 0.511 e. The lowest BCUT2D eigenvalue weighted by atomic mass is 9.92. The molecule has 3 rings (SSSR count). The van der Waals surface area contributed by atoms with Crippen molar-refractivity contribution in [2.45, 2.75) is 32.6 Å². The number of fused-ring (bicyclic) bond motifs is 1. The normalized spacial score (nSPS) is 24.6. The summed E-state index contributed by atoms with van der Waals surface area (Å²) >= 11 is 6.11. The molecule has 1 aromatic carbocycles. The Hall–Kier alpha value is -1.48. The Morgan fingerprint density at radius 2 is 2.05 bits per heavy atom. The van der Waals surface area contributed by atoms with Gasteiger partial charge in [0.25, 0.3) is 0 Å². The van der Waals surface area contributed by atoms with E-state index in [9.17, 15) is 9.90 Å². The number of halogens is 1. The fourth-order valence-electron chi connectivity index (χ4n) is 3.71. The molecule has 0 aromatic heterocycles. The van der Waals surface area contributed by atoms with Crippen LogP contribution >= 0.6 is 11.6 Å². The Labute approximate surface area is 129 Å². The molecular weight excluding hydrogens is 288 g/mol. The minimum atomic E-state index is -0.0508. The van der Waals surface area contributed by atoms with Gasteiger partial charge < -0.3 is 9.84 Å². The van der Waals surface area contributed by atoms with Gasteiger partial charge in [0, 0.05) is 22.4 Å². The molecule has 0 saturated heterocycles. The van der Waals surface area contributed by atoms with Crippen LogP contribution in [0.2, 0.25) is 5.02 Å². The van der Waals surface area contributed by atoms with E-state index in [1.165, 1.54) is 0 Å². The second-order valence-electron chi connectivity index (χ2n) is 5.76. The van der Waals surface area contributed by atoms with Crippen molar-refractivity contribution in [1.82, 2.24) is 0 Å². The van der Waals surface area contributed by atoms with Crippen molar-refractivity contribution in [3.63, 3.8) is 0 Å². The van der Waals surface area contributed by atoms with Gasteiger partial charge >= 0.3 is 0 Å². The third-order valence-electron chi connectivity index (χ3n) is 4.71. The molecule has 1 saturated carbocycles. The van der Waals surface area contributed by atoms with E-state index in [0.29, 0.717) is 16.3 Å². The number of hydrogen-bond donors (Lipinski definition) is 1. The van der Waals surface area contributed by atoms with Gasteiger partial charge in [0.2, 0.25) is 0 Å². The van der Waals surface area contributed by atoms with E-state index in [2.05, 4.69) is 0 Å². The monoisotopic (exact) mass is 306 g/mol. The maximum Gasteiger partial charge on any atom is 0.170 e. The minimum Gasteiger partial charge on any atom is -0.511 e. The molecule has 4 heteroatoms. The first kappa shape index (κ1) is 14.5. The summed E-state index contributed by atoms with van der Waals surface area (Å²) in [7, 11) is 1.56. The fraction of sp³-hybridized carbons (Fsp3) is 0.471. The van der Waals surface area contributed by atoms with Gasteiger partial charge in [-0.1, -0.05) is 24.9 Å². The van der Waals surface area contributed by atoms with Gasteiger partial charge in [-0.25, -0.2) is 0 Å². The summed E-state index contributed by atoms with van der Waals surface area (Å²) in [6, 6.07) is 3.55. The second kappa shape index (κ2) is 5.38. The van der Waals surface area contributed by atoms with Gasteiger partial charge in [-0.15, -0.1) is 0 Å². The predicted octanol–water partition coefficient (Wildman–Crippen LogP) is 4.18. The molecule has 2 unspecified atom stereocenters. The van der Waals surface area contributed by atoms with Crippen molar-refractivity contribution in [2.75, 3.05) is 7.11 Å². The number of aryl methyl sites for hydroxylation is 1. The Morgan fingerprint density at radius 1 is 1.33 bits per heavy atom. The molecule has 0 radical (unpaired) electrons. The summed E-state index contributed by atoms with van der Waals surface area (Å²) < 4.78 is 5.42. The van der Waals surface area contributed by atoms with E-state index < -0.39 is 0 Å². The van der Waals surface area contributed by atoms with Crippen LogP contribution in [0.5, 0.6) is 5.75 Å². The number of ketones is 1. The molecular formula is C17H19ClO3. The van der Waals surface area contributed by atoms with E-state index in [1.54, 1.807) is 13.2 Å². The quantitative estimate of drug-likeness (QED) is 0.911. The van der Waals surface area contributed by atoms with E-state index in [0.717, 1.165) is 36.8 Å². The topological polar surface area (TPSA) is 46.5 Å². The molecule has 1 fully saturated rings. The zero-order valence-electron chi connectivity index (χ0n) is 12.3. The summed E-state index contributed by atoms with van der Waals surface area (Å²) in [5, 5.41) is 11.1. The van der Waals surface area contributed by atoms with Gasteiger partial charge in [0.15, 0.2) is 5.78 Å². The molecule has 2 atom stereocenters. The van der Waals surface area contributed by atoms with Crippen LogP contribution in [0.1, 0.15) is 37.3 Å². The van der Waals surface area contributed by atoms with Crippen molar-refractivity contribution >= 4 is 23.0 Å². The number of carbonyl (C=O) groups is 1. The van der Waals surface area contributed by atoms with Crippen LogP contribution in [-0.2, 0) is 11.2 Å². The number of carbonyl (C=O) groups excluding carboxylic acids is 1. The Morgan fingerprint density at radius 3 is 2.67 bits per heavy atom. The number of aliphatic hydroxyl groups excluding tert-OH is 1. The molecule has 0 bridgehead atoms. The van der Waals surface area contributed by atoms with Gasteiger partial charge in [-0.3, -0.25) is 4.79 Å². The minimum absolute atomic E-state index is 0.00223. The molecule has 1 aromatic rings. The first-order valence-corrected chi connectivity index (χ1v) is 7.80. The standard InChI is InChI=1S/C17H19ClO3/c1-3-9-7-10(18)8-13(21-2)14(9)15-16(19)11-5-4-6-12(11)17(15)20/h7-8,11-12,19H,3-6H2,1-2H3. The van der Waals surface area contributed by atoms with E-state index in [4.69, 9.17) is 16.3 Å². The average molecular weight is 307 g/mol. The molecule has 0 amide bonds. The number of ether oxygens (including phenoxy) is 1. The van der Waals surface area contributed by atoms with E-state index in [1.807, 2.05) is 13.0 Å². The van der Waals surface area contributed by atoms with Crippen molar-refractivity contribution in [1.29, 1.82) is 0 Å². The predicted molar refractivity (Wildman–Crippen MR) is 82.8 cm³/mol. The second-order valence-corrected chi connectivity index (χ2v) is 6.20. The molecule has 3 nitrogen and oxygen atoms in total. The van der Waals surface area contributed by atoms with Gasteiger partial charge in [-0.2, -0.15) is 0 Å². The Kier molecular flexibility index (Phi) is 3.70. The first-order valence-electron chi connectivity index (χ1n) is 7.42. The summed E-state index contributed by atoms with van der Waals surface area (Å²) in [4.78, 5) is 12.7. The van der Waals surface area contributed by atoms with E-state index in [-0.39, 0.29) is 23.4 Å². The van der Waals surface area contributed by atoms with Crippen LogP contribution in [-0.4, -0.2) is 18.0 Å². The number of methoxy groups -OCH3 is 1. The van der Waals surface area contributed by atoms with Crippen LogP contribution in [0.3, 0.4) is 0 Å². The van der Waals surface area contributed by atoms with Crippen LogP contribution in [0.15, 0.2) is 17.9 Å². The van der Waals surface area contributed by atoms with E-state index >= 15 is 0 Å². The summed E-state index contributed by atoms with van der Waals surface area (Å²) in [5.74, 6) is 0.819. The SMILES string of the molecule is CCc1cc(Cl)cc(OC)c1C1=C(O)C2CCCC2C1=O. The third kappa shape index (κ3) is 2.15. The van der Waals surface area contributed by atoms with Crippen molar-refractivity contribution < 1.29 is 14.6 Å². The molecule has 112 valence electrons. The highest BCUT2D eigenvalue weighted by Gasteiger charge is 2.46. The number of allylic oxidation sites excluding steroid dienone is 2. The maximum absolute atomic E-state index is 12.7. The lowest BCUT2D eigenvalue weighted by Gasteiger charge is -2.15. The first-order chi connectivity index (χ1) is 10.1. The Balaban J connectivity index is 2.20. The molecule has 2 aliphatic rings. The van der Waals surface area contributed by atoms with Crippen LogP contribution in [0.4, 0.5) is 0 Å². The highest BCUT2D eigenvalue weighted by atomic mass is 35.5. The van der Waals surface area contributed by atoms with Gasteiger partial charge in [0.05, 0.1) is 12.7 Å². The third-order valence-corrected chi connectivity index (χ3v) is 4.92. The molecule has 0 heterocycles. The fourth-order valence-corrected chi connectivity index (χ4v) is 3.94. The van der Waals surface area contributed by atoms with Crippen molar-refractivity contribution in [2.24, 2.45) is 11.8 Å². The molecule has 2 aliphatic carbocycles. The molecule has 21 heavy (non-hydrogen) atoms. The smallest absolute Gasteiger partial charge is 0.170 e. The summed E-state index contributed by atoms with van der Waals surface area (Å²) in [6.45, 7) is 2.01. The lowest BCUT2D eigenvalue weighted by molar-refractivity contribution is -0.117. The maximum atomic E-state index is 12.7. The number of hydrogen-bond acceptors (Lipinski definition) is 3. The summed E-state index contributed by atoms with van der Waals surface area (Å²) in [6.07, 6.45) is 3.50. The van der Waals surface area contributed by atoms with Crippen LogP contribution in [0, 0.1) is 11.8 Å². The summed E-state index contributed by atoms with van der Waals surface area (Å²) in [5.41, 5.74) is 2.12. The number of rotatable bonds is 3. The Bertz CT molecular complexity index is 608. The highest BCUT2D eigenvalue weighted by Crippen LogP contribution is 2.49. The number of Topliss-reactive ketones (excluding diaryl/α,β-unsaturated/α-hetero) is 1. The lowest BCUT2D eigenvalue weighted by Crippen LogP contribution is -2.12. The molecule has 1 N–H and O–H groups in total. The van der Waals surface area contributed by atoms with Crippen molar-refractivity contribution in [3.8, 4) is 5.75 Å². The van der Waals surface area contributed by atoms with Gasteiger partial charge in [0.1, 0.15) is 11.5 Å². The van der Waals surface area contributed by atoms with Crippen LogP contribution < -0.4 is 4.74 Å². The number of benzene rings is 1.